The van der Waals surface area contributed by atoms with E-state index in [4.69, 9.17) is 4.74 Å². The maximum absolute atomic E-state index is 13.3. The van der Waals surface area contributed by atoms with Crippen LogP contribution >= 0.6 is 0 Å². The number of carbonyl (C=O) groups excluding carboxylic acids is 2. The average Bonchev–Trinajstić information content (AvgIpc) is 2.82. The molecule has 6 nitrogen and oxygen atoms in total. The molecule has 2 atom stereocenters. The molecule has 172 valence electrons. The van der Waals surface area contributed by atoms with Crippen LogP contribution in [0.5, 0.6) is 0 Å². The van der Waals surface area contributed by atoms with Crippen LogP contribution in [0, 0.1) is 0 Å². The number of esters is 1. The Morgan fingerprint density at radius 2 is 1.36 bits per heavy atom. The highest BCUT2D eigenvalue weighted by Crippen LogP contribution is 2.26. The van der Waals surface area contributed by atoms with Gasteiger partial charge in [-0.1, -0.05) is 84.9 Å². The number of ether oxygens (including phenoxy) is 1. The molecule has 0 bridgehead atoms. The topological polar surface area (TPSA) is 89.5 Å². The SMILES string of the molecule is COC(=O)CC(NC(=O)C(CS(C)(=O)=O)c1ccc(-c2ccccc2)cc1)c1ccccc1. The van der Waals surface area contributed by atoms with Crippen LogP contribution in [0.25, 0.3) is 11.1 Å². The predicted octanol–water partition coefficient (Wildman–Crippen LogP) is 3.90. The van der Waals surface area contributed by atoms with E-state index in [0.29, 0.717) is 5.56 Å². The quantitative estimate of drug-likeness (QED) is 0.484. The molecular formula is C26H27NO5S. The average molecular weight is 466 g/mol. The fourth-order valence-electron chi connectivity index (χ4n) is 3.62. The van der Waals surface area contributed by atoms with E-state index in [1.54, 1.807) is 24.3 Å². The summed E-state index contributed by atoms with van der Waals surface area (Å²) in [6.07, 6.45) is 1.04. The Morgan fingerprint density at radius 1 is 0.818 bits per heavy atom. The molecule has 0 aliphatic rings. The summed E-state index contributed by atoms with van der Waals surface area (Å²) >= 11 is 0. The molecule has 7 heteroatoms. The van der Waals surface area contributed by atoms with E-state index in [-0.39, 0.29) is 12.2 Å². The van der Waals surface area contributed by atoms with Crippen molar-refractivity contribution in [2.45, 2.75) is 18.4 Å². The maximum Gasteiger partial charge on any atom is 0.307 e. The van der Waals surface area contributed by atoms with Crippen molar-refractivity contribution in [2.24, 2.45) is 0 Å². The van der Waals surface area contributed by atoms with Crippen molar-refractivity contribution in [3.8, 4) is 11.1 Å². The van der Waals surface area contributed by atoms with Gasteiger partial charge in [0, 0.05) is 6.26 Å². The Balaban J connectivity index is 1.89. The molecule has 1 amide bonds. The molecular weight excluding hydrogens is 438 g/mol. The molecule has 0 radical (unpaired) electrons. The Morgan fingerprint density at radius 3 is 1.91 bits per heavy atom. The number of methoxy groups -OCH3 is 1. The lowest BCUT2D eigenvalue weighted by Crippen LogP contribution is -2.36. The summed E-state index contributed by atoms with van der Waals surface area (Å²) in [6, 6.07) is 25.5. The molecule has 0 heterocycles. The van der Waals surface area contributed by atoms with Crippen LogP contribution in [0.15, 0.2) is 84.9 Å². The van der Waals surface area contributed by atoms with E-state index >= 15 is 0 Å². The summed E-state index contributed by atoms with van der Waals surface area (Å²) in [5, 5.41) is 2.86. The Hall–Kier alpha value is -3.45. The van der Waals surface area contributed by atoms with E-state index < -0.39 is 33.7 Å². The number of rotatable bonds is 9. The largest absolute Gasteiger partial charge is 0.469 e. The minimum Gasteiger partial charge on any atom is -0.469 e. The molecule has 33 heavy (non-hydrogen) atoms. The van der Waals surface area contributed by atoms with Crippen LogP contribution < -0.4 is 5.32 Å². The molecule has 0 fully saturated rings. The third kappa shape index (κ3) is 7.02. The van der Waals surface area contributed by atoms with Crippen molar-refractivity contribution in [2.75, 3.05) is 19.1 Å². The van der Waals surface area contributed by atoms with Crippen molar-refractivity contribution >= 4 is 21.7 Å². The first kappa shape index (κ1) is 24.2. The first-order valence-electron chi connectivity index (χ1n) is 10.5. The second kappa shape index (κ2) is 10.9. The second-order valence-electron chi connectivity index (χ2n) is 7.89. The predicted molar refractivity (Wildman–Crippen MR) is 128 cm³/mol. The van der Waals surface area contributed by atoms with Crippen molar-refractivity contribution in [3.63, 3.8) is 0 Å². The van der Waals surface area contributed by atoms with Crippen molar-refractivity contribution in [3.05, 3.63) is 96.1 Å². The fraction of sp³-hybridized carbons (Fsp3) is 0.231. The van der Waals surface area contributed by atoms with Gasteiger partial charge in [0.2, 0.25) is 5.91 Å². The molecule has 0 saturated heterocycles. The van der Waals surface area contributed by atoms with Crippen LogP contribution in [-0.2, 0) is 24.2 Å². The molecule has 0 aromatic heterocycles. The first-order valence-corrected chi connectivity index (χ1v) is 12.6. The highest BCUT2D eigenvalue weighted by molar-refractivity contribution is 7.90. The number of carbonyl (C=O) groups is 2. The summed E-state index contributed by atoms with van der Waals surface area (Å²) in [4.78, 5) is 25.3. The Labute approximate surface area is 194 Å². The molecule has 2 unspecified atom stereocenters. The highest BCUT2D eigenvalue weighted by atomic mass is 32.2. The van der Waals surface area contributed by atoms with E-state index in [2.05, 4.69) is 5.32 Å². The maximum atomic E-state index is 13.3. The van der Waals surface area contributed by atoms with Gasteiger partial charge in [0.15, 0.2) is 0 Å². The molecule has 3 aromatic carbocycles. The first-order chi connectivity index (χ1) is 15.8. The number of hydrogen-bond acceptors (Lipinski definition) is 5. The zero-order valence-corrected chi connectivity index (χ0v) is 19.4. The van der Waals surface area contributed by atoms with E-state index in [1.807, 2.05) is 60.7 Å². The van der Waals surface area contributed by atoms with E-state index in [9.17, 15) is 18.0 Å². The zero-order valence-electron chi connectivity index (χ0n) is 18.6. The number of sulfone groups is 1. The van der Waals surface area contributed by atoms with Gasteiger partial charge in [-0.2, -0.15) is 0 Å². The molecule has 3 aromatic rings. The summed E-state index contributed by atoms with van der Waals surface area (Å²) < 4.78 is 29.0. The summed E-state index contributed by atoms with van der Waals surface area (Å²) in [7, 11) is -2.17. The van der Waals surface area contributed by atoms with Crippen molar-refractivity contribution in [1.29, 1.82) is 0 Å². The van der Waals surface area contributed by atoms with Crippen LogP contribution in [0.1, 0.15) is 29.5 Å². The highest BCUT2D eigenvalue weighted by Gasteiger charge is 2.28. The summed E-state index contributed by atoms with van der Waals surface area (Å²) in [5.41, 5.74) is 3.30. The number of hydrogen-bond donors (Lipinski definition) is 1. The van der Waals surface area contributed by atoms with Crippen molar-refractivity contribution in [1.82, 2.24) is 5.32 Å². The molecule has 1 N–H and O–H groups in total. The van der Waals surface area contributed by atoms with Gasteiger partial charge >= 0.3 is 5.97 Å². The van der Waals surface area contributed by atoms with Gasteiger partial charge in [0.1, 0.15) is 9.84 Å². The smallest absolute Gasteiger partial charge is 0.307 e. The van der Waals surface area contributed by atoms with Gasteiger partial charge < -0.3 is 10.1 Å². The van der Waals surface area contributed by atoms with Crippen LogP contribution in [0.3, 0.4) is 0 Å². The van der Waals surface area contributed by atoms with Gasteiger partial charge in [-0.25, -0.2) is 8.42 Å². The fourth-order valence-corrected chi connectivity index (χ4v) is 4.57. The third-order valence-corrected chi connectivity index (χ3v) is 6.26. The zero-order chi connectivity index (χ0) is 23.8. The van der Waals surface area contributed by atoms with Crippen LogP contribution in [0.4, 0.5) is 0 Å². The lowest BCUT2D eigenvalue weighted by atomic mass is 9.95. The van der Waals surface area contributed by atoms with Gasteiger partial charge in [-0.15, -0.1) is 0 Å². The molecule has 0 spiro atoms. The van der Waals surface area contributed by atoms with Crippen LogP contribution in [-0.4, -0.2) is 39.4 Å². The Bertz CT molecular complexity index is 1180. The molecule has 0 saturated carbocycles. The lowest BCUT2D eigenvalue weighted by molar-refractivity contribution is -0.141. The van der Waals surface area contributed by atoms with Crippen molar-refractivity contribution < 1.29 is 22.7 Å². The van der Waals surface area contributed by atoms with Gasteiger partial charge in [-0.05, 0) is 22.3 Å². The lowest BCUT2D eigenvalue weighted by Gasteiger charge is -2.23. The minimum absolute atomic E-state index is 0.0647. The number of amides is 1. The molecule has 0 aliphatic heterocycles. The monoisotopic (exact) mass is 465 g/mol. The molecule has 0 aliphatic carbocycles. The van der Waals surface area contributed by atoms with Gasteiger partial charge in [-0.3, -0.25) is 9.59 Å². The van der Waals surface area contributed by atoms with Crippen LogP contribution in [0.2, 0.25) is 0 Å². The van der Waals surface area contributed by atoms with E-state index in [1.165, 1.54) is 7.11 Å². The minimum atomic E-state index is -3.46. The number of nitrogens with one attached hydrogen (secondary N) is 1. The normalized spacial score (nSPS) is 13.0. The second-order valence-corrected chi connectivity index (χ2v) is 10.1. The summed E-state index contributed by atoms with van der Waals surface area (Å²) in [6.45, 7) is 0. The summed E-state index contributed by atoms with van der Waals surface area (Å²) in [5.74, 6) is -2.21. The van der Waals surface area contributed by atoms with E-state index in [0.717, 1.165) is 22.9 Å². The Kier molecular flexibility index (Phi) is 8.01. The molecule has 3 rings (SSSR count). The van der Waals surface area contributed by atoms with Gasteiger partial charge in [0.05, 0.1) is 31.2 Å². The third-order valence-electron chi connectivity index (χ3n) is 5.32. The standard InChI is InChI=1S/C26H27NO5S/c1-32-25(28)17-24(22-11-7-4-8-12-22)27-26(29)23(18-33(2,30)31)21-15-13-20(14-16-21)19-9-5-3-6-10-19/h3-16,23-24H,17-18H2,1-2H3,(H,27,29). The van der Waals surface area contributed by atoms with Gasteiger partial charge in [0.25, 0.3) is 0 Å². The number of benzene rings is 3.